The van der Waals surface area contributed by atoms with Crippen molar-refractivity contribution in [1.29, 1.82) is 0 Å². The monoisotopic (exact) mass is 430 g/mol. The van der Waals surface area contributed by atoms with Gasteiger partial charge in [-0.3, -0.25) is 4.79 Å². The number of nitrogens with zero attached hydrogens (tertiary/aromatic N) is 1. The first kappa shape index (κ1) is 21.8. The van der Waals surface area contributed by atoms with Gasteiger partial charge in [0.25, 0.3) is 0 Å². The van der Waals surface area contributed by atoms with Gasteiger partial charge in [0.05, 0.1) is 23.7 Å². The highest BCUT2D eigenvalue weighted by Gasteiger charge is 2.27. The molecule has 1 aromatic heterocycles. The number of hydrogen-bond donors (Lipinski definition) is 4. The Balaban J connectivity index is 1.49. The molecular formula is C26H30N4O2. The summed E-state index contributed by atoms with van der Waals surface area (Å²) in [6.07, 6.45) is 2.62. The zero-order valence-corrected chi connectivity index (χ0v) is 18.5. The molecule has 2 heterocycles. The molecule has 6 heteroatoms. The Labute approximate surface area is 189 Å². The Morgan fingerprint density at radius 2 is 1.97 bits per heavy atom. The second-order valence-corrected chi connectivity index (χ2v) is 8.37. The third-order valence-electron chi connectivity index (χ3n) is 6.21. The fourth-order valence-electron chi connectivity index (χ4n) is 4.20. The highest BCUT2D eigenvalue weighted by atomic mass is 16.4. The predicted octanol–water partition coefficient (Wildman–Crippen LogP) is 4.36. The summed E-state index contributed by atoms with van der Waals surface area (Å²) in [5.74, 6) is -0.436. The van der Waals surface area contributed by atoms with Gasteiger partial charge in [-0.15, -0.1) is 0 Å². The number of benzene rings is 2. The number of aliphatic carboxylic acids is 1. The molecule has 1 aliphatic rings. The minimum absolute atomic E-state index is 0.0975. The zero-order valence-electron chi connectivity index (χ0n) is 18.5. The molecule has 0 saturated carbocycles. The Morgan fingerprint density at radius 3 is 2.75 bits per heavy atom. The summed E-state index contributed by atoms with van der Waals surface area (Å²) in [5, 5.41) is 20.2. The molecule has 4 rings (SSSR count). The fourth-order valence-corrected chi connectivity index (χ4v) is 4.20. The molecule has 0 bridgehead atoms. The largest absolute Gasteiger partial charge is 0.481 e. The molecule has 0 spiro atoms. The number of nitrogens with one attached hydrogen (secondary N) is 3. The molecular weight excluding hydrogens is 400 g/mol. The third kappa shape index (κ3) is 4.92. The van der Waals surface area contributed by atoms with Gasteiger partial charge in [-0.2, -0.15) is 0 Å². The van der Waals surface area contributed by atoms with Crippen molar-refractivity contribution >= 4 is 17.5 Å². The molecule has 4 N–H and O–H groups in total. The van der Waals surface area contributed by atoms with Crippen LogP contribution in [0.15, 0.2) is 66.9 Å². The van der Waals surface area contributed by atoms with Crippen LogP contribution in [0, 0.1) is 6.92 Å². The maximum atomic E-state index is 11.4. The van der Waals surface area contributed by atoms with Crippen molar-refractivity contribution in [3.8, 4) is 0 Å². The number of aromatic nitrogens is 1. The predicted molar refractivity (Wildman–Crippen MR) is 128 cm³/mol. The van der Waals surface area contributed by atoms with Gasteiger partial charge >= 0.3 is 5.97 Å². The van der Waals surface area contributed by atoms with Gasteiger partial charge < -0.3 is 21.1 Å². The fraction of sp³-hybridized carbons (Fsp3) is 0.308. The maximum Gasteiger partial charge on any atom is 0.310 e. The van der Waals surface area contributed by atoms with Gasteiger partial charge in [0, 0.05) is 12.7 Å². The highest BCUT2D eigenvalue weighted by Crippen LogP contribution is 2.28. The van der Waals surface area contributed by atoms with Crippen LogP contribution < -0.4 is 16.0 Å². The van der Waals surface area contributed by atoms with E-state index in [4.69, 9.17) is 0 Å². The van der Waals surface area contributed by atoms with E-state index in [9.17, 15) is 9.90 Å². The molecule has 1 aliphatic heterocycles. The van der Waals surface area contributed by atoms with E-state index >= 15 is 0 Å². The second-order valence-electron chi connectivity index (χ2n) is 8.37. The molecule has 6 nitrogen and oxygen atoms in total. The lowest BCUT2D eigenvalue weighted by Gasteiger charge is -2.34. The summed E-state index contributed by atoms with van der Waals surface area (Å²) in [6, 6.07) is 20.6. The molecule has 0 radical (unpaired) electrons. The maximum absolute atomic E-state index is 11.4. The first-order valence-corrected chi connectivity index (χ1v) is 11.1. The number of pyridine rings is 1. The summed E-state index contributed by atoms with van der Waals surface area (Å²) in [5.41, 5.74) is 5.45. The van der Waals surface area contributed by atoms with Gasteiger partial charge in [-0.25, -0.2) is 4.98 Å². The number of rotatable bonds is 8. The van der Waals surface area contributed by atoms with E-state index in [-0.39, 0.29) is 12.1 Å². The Morgan fingerprint density at radius 1 is 1.16 bits per heavy atom. The summed E-state index contributed by atoms with van der Waals surface area (Å²) < 4.78 is 0. The summed E-state index contributed by atoms with van der Waals surface area (Å²) in [7, 11) is 0. The van der Waals surface area contributed by atoms with Crippen molar-refractivity contribution in [2.24, 2.45) is 0 Å². The second kappa shape index (κ2) is 9.83. The topological polar surface area (TPSA) is 86.3 Å². The molecule has 2 aromatic carbocycles. The number of anilines is 2. The van der Waals surface area contributed by atoms with E-state index in [0.29, 0.717) is 0 Å². The molecule has 0 fully saturated rings. The van der Waals surface area contributed by atoms with E-state index in [1.54, 1.807) is 13.1 Å². The molecule has 0 unspecified atom stereocenters. The Hall–Kier alpha value is -3.38. The lowest BCUT2D eigenvalue weighted by atomic mass is 9.94. The van der Waals surface area contributed by atoms with Crippen LogP contribution >= 0.6 is 0 Å². The third-order valence-corrected chi connectivity index (χ3v) is 6.21. The highest BCUT2D eigenvalue weighted by molar-refractivity contribution is 5.75. The van der Waals surface area contributed by atoms with E-state index in [2.05, 4.69) is 52.1 Å². The van der Waals surface area contributed by atoms with Crippen molar-refractivity contribution in [1.82, 2.24) is 10.3 Å². The molecule has 32 heavy (non-hydrogen) atoms. The van der Waals surface area contributed by atoms with Crippen molar-refractivity contribution < 1.29 is 9.90 Å². The zero-order chi connectivity index (χ0) is 22.5. The molecule has 0 aliphatic carbocycles. The molecule has 0 saturated heterocycles. The van der Waals surface area contributed by atoms with E-state index in [0.717, 1.165) is 36.6 Å². The number of carbonyl (C=O) groups is 1. The number of hydrogen-bond acceptors (Lipinski definition) is 5. The van der Waals surface area contributed by atoms with Crippen LogP contribution in [-0.2, 0) is 11.2 Å². The molecule has 3 aromatic rings. The summed E-state index contributed by atoms with van der Waals surface area (Å²) in [4.78, 5) is 15.9. The quantitative estimate of drug-likeness (QED) is 0.425. The van der Waals surface area contributed by atoms with Crippen LogP contribution in [0.2, 0.25) is 0 Å². The lowest BCUT2D eigenvalue weighted by Crippen LogP contribution is -2.44. The number of carboxylic acids is 1. The van der Waals surface area contributed by atoms with E-state index in [1.807, 2.05) is 36.4 Å². The van der Waals surface area contributed by atoms with Gasteiger partial charge in [0.15, 0.2) is 0 Å². The van der Waals surface area contributed by atoms with E-state index < -0.39 is 11.9 Å². The lowest BCUT2D eigenvalue weighted by molar-refractivity contribution is -0.138. The number of carboxylic acid groups (broad SMARTS) is 1. The van der Waals surface area contributed by atoms with Gasteiger partial charge in [0.1, 0.15) is 5.82 Å². The normalized spacial score (nSPS) is 16.9. The van der Waals surface area contributed by atoms with Crippen LogP contribution in [0.5, 0.6) is 0 Å². The number of fused-ring (bicyclic) bond motifs is 1. The Kier molecular flexibility index (Phi) is 6.71. The molecule has 0 amide bonds. The standard InChI is InChI=1S/C26H30N4O2/c1-17-10-11-21(18(2)26(31)32)15-20(17)12-14-27-24(19-7-4-3-5-8-19)23-16-29-22-9-6-13-28-25(22)30-23/h3-11,13,15,18,23-24,27,29H,12,14,16H2,1-2H3,(H,28,30)(H,31,32)/t18-,23+,24+/m0/s1. The minimum Gasteiger partial charge on any atom is -0.481 e. The SMILES string of the molecule is Cc1ccc([C@H](C)C(=O)O)cc1CCN[C@H](c1ccccc1)[C@H]1CNc2cccnc2N1. The van der Waals surface area contributed by atoms with Crippen molar-refractivity contribution in [3.05, 3.63) is 89.1 Å². The van der Waals surface area contributed by atoms with Crippen LogP contribution in [0.3, 0.4) is 0 Å². The molecule has 3 atom stereocenters. The summed E-state index contributed by atoms with van der Waals surface area (Å²) in [6.45, 7) is 5.37. The van der Waals surface area contributed by atoms with Crippen molar-refractivity contribution in [3.63, 3.8) is 0 Å². The summed E-state index contributed by atoms with van der Waals surface area (Å²) >= 11 is 0. The van der Waals surface area contributed by atoms with Crippen LogP contribution in [0.1, 0.15) is 41.1 Å². The van der Waals surface area contributed by atoms with Gasteiger partial charge in [-0.1, -0.05) is 48.5 Å². The van der Waals surface area contributed by atoms with Crippen LogP contribution in [0.25, 0.3) is 0 Å². The first-order chi connectivity index (χ1) is 15.5. The van der Waals surface area contributed by atoms with Crippen LogP contribution in [-0.4, -0.2) is 35.2 Å². The van der Waals surface area contributed by atoms with E-state index in [1.165, 1.54) is 16.7 Å². The Bertz CT molecular complexity index is 1070. The minimum atomic E-state index is -0.799. The van der Waals surface area contributed by atoms with Gasteiger partial charge in [0.2, 0.25) is 0 Å². The van der Waals surface area contributed by atoms with Crippen molar-refractivity contribution in [2.75, 3.05) is 23.7 Å². The average molecular weight is 431 g/mol. The average Bonchev–Trinajstić information content (AvgIpc) is 2.82. The smallest absolute Gasteiger partial charge is 0.310 e. The van der Waals surface area contributed by atoms with Gasteiger partial charge in [-0.05, 0) is 61.2 Å². The first-order valence-electron chi connectivity index (χ1n) is 11.1. The number of aryl methyl sites for hydroxylation is 1. The van der Waals surface area contributed by atoms with Crippen LogP contribution in [0.4, 0.5) is 11.5 Å². The van der Waals surface area contributed by atoms with Crippen molar-refractivity contribution in [2.45, 2.75) is 38.3 Å². The molecule has 166 valence electrons.